The number of piperidine rings is 1. The number of benzene rings is 2. The normalized spacial score (nSPS) is 22.0. The van der Waals surface area contributed by atoms with Crippen molar-refractivity contribution in [3.8, 4) is 11.4 Å². The minimum absolute atomic E-state index is 0.0742. The summed E-state index contributed by atoms with van der Waals surface area (Å²) in [6, 6.07) is 8.56. The average molecular weight is 544 g/mol. The minimum Gasteiger partial charge on any atom is -0.404 e. The highest BCUT2D eigenvalue weighted by atomic mass is 19.4. The van der Waals surface area contributed by atoms with Gasteiger partial charge in [0.1, 0.15) is 6.33 Å². The summed E-state index contributed by atoms with van der Waals surface area (Å²) in [4.78, 5) is 35.0. The monoisotopic (exact) mass is 543 g/mol. The molecule has 3 atom stereocenters. The van der Waals surface area contributed by atoms with Crippen molar-refractivity contribution in [2.45, 2.75) is 50.8 Å². The van der Waals surface area contributed by atoms with Crippen molar-refractivity contribution < 1.29 is 27.4 Å². The highest BCUT2D eigenvalue weighted by Gasteiger charge is 2.41. The predicted octanol–water partition coefficient (Wildman–Crippen LogP) is 3.68. The molecule has 3 unspecified atom stereocenters. The molecule has 0 spiro atoms. The summed E-state index contributed by atoms with van der Waals surface area (Å²) in [6.45, 7) is 4.76. The first-order valence-electron chi connectivity index (χ1n) is 13.0. The van der Waals surface area contributed by atoms with Gasteiger partial charge >= 0.3 is 6.36 Å². The zero-order valence-electron chi connectivity index (χ0n) is 21.3. The summed E-state index contributed by atoms with van der Waals surface area (Å²) in [5.41, 5.74) is 1.19. The number of alkyl halides is 3. The number of carbonyl (C=O) groups is 1. The number of nitrogens with zero attached hydrogens (tertiary/aromatic N) is 4. The molecule has 7 rings (SSSR count). The van der Waals surface area contributed by atoms with E-state index in [0.29, 0.717) is 24.0 Å². The molecular weight excluding hydrogens is 515 g/mol. The summed E-state index contributed by atoms with van der Waals surface area (Å²) in [6.07, 6.45) is -0.294. The van der Waals surface area contributed by atoms with Crippen molar-refractivity contribution in [2.75, 3.05) is 36.4 Å². The maximum atomic E-state index is 13.4. The first-order chi connectivity index (χ1) is 18.6. The van der Waals surface area contributed by atoms with Crippen molar-refractivity contribution in [3.63, 3.8) is 0 Å². The van der Waals surface area contributed by atoms with Crippen LogP contribution in [0.4, 0.5) is 24.5 Å². The van der Waals surface area contributed by atoms with Gasteiger partial charge in [-0.2, -0.15) is 0 Å². The van der Waals surface area contributed by atoms with Crippen LogP contribution < -0.4 is 20.5 Å². The SMILES string of the molecule is CC(C(=O)Nc1cc(-n2cnc3cc(N4CCCC4)ccc3c2=O)ccc1OC(F)(F)F)N1CC2CC(C1)O2. The molecule has 0 radical (unpaired) electrons. The second-order valence-electron chi connectivity index (χ2n) is 10.3. The van der Waals surface area contributed by atoms with Gasteiger partial charge < -0.3 is 19.7 Å². The molecule has 3 aromatic rings. The van der Waals surface area contributed by atoms with Crippen LogP contribution in [-0.4, -0.2) is 71.1 Å². The number of fused-ring (bicyclic) bond motifs is 3. The van der Waals surface area contributed by atoms with E-state index in [1.807, 2.05) is 17.0 Å². The molecule has 4 aliphatic heterocycles. The average Bonchev–Trinajstić information content (AvgIpc) is 3.43. The maximum absolute atomic E-state index is 13.4. The van der Waals surface area contributed by atoms with Gasteiger partial charge in [-0.25, -0.2) is 4.98 Å². The summed E-state index contributed by atoms with van der Waals surface area (Å²) in [5, 5.41) is 2.95. The molecule has 2 aromatic carbocycles. The van der Waals surface area contributed by atoms with Gasteiger partial charge in [-0.3, -0.25) is 19.1 Å². The fourth-order valence-electron chi connectivity index (χ4n) is 5.55. The number of hydrogen-bond acceptors (Lipinski definition) is 7. The third-order valence-corrected chi connectivity index (χ3v) is 7.65. The Morgan fingerprint density at radius 2 is 1.79 bits per heavy atom. The quantitative estimate of drug-likeness (QED) is 0.508. The van der Waals surface area contributed by atoms with Gasteiger partial charge in [0.25, 0.3) is 5.56 Å². The van der Waals surface area contributed by atoms with E-state index in [2.05, 4.69) is 19.9 Å². The van der Waals surface area contributed by atoms with E-state index in [1.54, 1.807) is 13.0 Å². The lowest BCUT2D eigenvalue weighted by molar-refractivity contribution is -0.274. The fraction of sp³-hybridized carbons (Fsp3) is 0.444. The number of morpholine rings is 1. The van der Waals surface area contributed by atoms with Gasteiger partial charge in [0.2, 0.25) is 5.91 Å². The van der Waals surface area contributed by atoms with Crippen LogP contribution in [0.3, 0.4) is 0 Å². The first-order valence-corrected chi connectivity index (χ1v) is 13.0. The van der Waals surface area contributed by atoms with Crippen molar-refractivity contribution in [1.29, 1.82) is 0 Å². The zero-order valence-corrected chi connectivity index (χ0v) is 21.3. The Bertz CT molecular complexity index is 1450. The predicted molar refractivity (Wildman–Crippen MR) is 138 cm³/mol. The number of rotatable bonds is 6. The third-order valence-electron chi connectivity index (χ3n) is 7.65. The number of nitrogens with one attached hydrogen (secondary N) is 1. The van der Waals surface area contributed by atoms with Crippen LogP contribution >= 0.6 is 0 Å². The number of amides is 1. The second kappa shape index (κ2) is 9.83. The van der Waals surface area contributed by atoms with Crippen molar-refractivity contribution in [3.05, 3.63) is 53.1 Å². The zero-order chi connectivity index (χ0) is 27.3. The van der Waals surface area contributed by atoms with Crippen LogP contribution in [0.25, 0.3) is 16.6 Å². The van der Waals surface area contributed by atoms with E-state index in [1.165, 1.54) is 23.0 Å². The van der Waals surface area contributed by atoms with E-state index < -0.39 is 24.1 Å². The van der Waals surface area contributed by atoms with Crippen LogP contribution in [0.15, 0.2) is 47.5 Å². The molecule has 39 heavy (non-hydrogen) atoms. The fourth-order valence-corrected chi connectivity index (χ4v) is 5.55. The summed E-state index contributed by atoms with van der Waals surface area (Å²) >= 11 is 0. The van der Waals surface area contributed by atoms with E-state index >= 15 is 0 Å². The molecule has 4 fully saturated rings. The molecule has 1 amide bonds. The van der Waals surface area contributed by atoms with Crippen LogP contribution in [0, 0.1) is 0 Å². The van der Waals surface area contributed by atoms with Crippen LogP contribution in [0.5, 0.6) is 5.75 Å². The topological polar surface area (TPSA) is 88.9 Å². The number of anilines is 2. The highest BCUT2D eigenvalue weighted by Crippen LogP contribution is 2.33. The summed E-state index contributed by atoms with van der Waals surface area (Å²) < 4.78 is 50.4. The van der Waals surface area contributed by atoms with Gasteiger partial charge in [0.05, 0.1) is 40.5 Å². The Balaban J connectivity index is 1.30. The lowest BCUT2D eigenvalue weighted by Crippen LogP contribution is -2.61. The van der Waals surface area contributed by atoms with E-state index in [0.717, 1.165) is 44.1 Å². The van der Waals surface area contributed by atoms with Crippen LogP contribution in [-0.2, 0) is 9.53 Å². The molecule has 4 aliphatic rings. The van der Waals surface area contributed by atoms with Gasteiger partial charge in [-0.15, -0.1) is 13.2 Å². The molecule has 5 heterocycles. The minimum atomic E-state index is -4.97. The number of ether oxygens (including phenoxy) is 2. The van der Waals surface area contributed by atoms with Gasteiger partial charge in [0.15, 0.2) is 5.75 Å². The molecule has 1 aromatic heterocycles. The van der Waals surface area contributed by atoms with Crippen molar-refractivity contribution in [2.24, 2.45) is 0 Å². The van der Waals surface area contributed by atoms with Crippen LogP contribution in [0.1, 0.15) is 26.2 Å². The second-order valence-corrected chi connectivity index (χ2v) is 10.3. The molecule has 0 saturated carbocycles. The van der Waals surface area contributed by atoms with Gasteiger partial charge in [0, 0.05) is 38.3 Å². The molecule has 1 N–H and O–H groups in total. The smallest absolute Gasteiger partial charge is 0.404 e. The Hall–Kier alpha value is -3.64. The molecule has 0 aliphatic carbocycles. The van der Waals surface area contributed by atoms with Crippen molar-refractivity contribution >= 4 is 28.2 Å². The molecule has 206 valence electrons. The molecular formula is C27H28F3N5O4. The summed E-state index contributed by atoms with van der Waals surface area (Å²) in [5.74, 6) is -1.06. The Morgan fingerprint density at radius 3 is 2.49 bits per heavy atom. The summed E-state index contributed by atoms with van der Waals surface area (Å²) in [7, 11) is 0. The largest absolute Gasteiger partial charge is 0.573 e. The molecule has 2 bridgehead atoms. The third kappa shape index (κ3) is 5.18. The van der Waals surface area contributed by atoms with Gasteiger partial charge in [-0.05, 0) is 56.2 Å². The number of aromatic nitrogens is 2. The van der Waals surface area contributed by atoms with Crippen molar-refractivity contribution in [1.82, 2.24) is 14.5 Å². The Labute approximate surface area is 222 Å². The molecule has 4 saturated heterocycles. The number of carbonyl (C=O) groups excluding carboxylic acids is 1. The van der Waals surface area contributed by atoms with E-state index in [4.69, 9.17) is 4.74 Å². The Morgan fingerprint density at radius 1 is 1.10 bits per heavy atom. The standard InChI is InChI=1S/C27H28F3N5O4/c1-16(34-13-19-12-20(14-34)38-19)25(36)32-23-11-18(5-7-24(23)39-27(28,29)30)35-15-31-22-10-17(33-8-2-3-9-33)4-6-21(22)26(35)37/h4-7,10-11,15-16,19-20H,2-3,8-9,12-14H2,1H3,(H,32,36). The lowest BCUT2D eigenvalue weighted by Gasteiger charge is -2.48. The number of halogens is 3. The molecule has 12 heteroatoms. The van der Waals surface area contributed by atoms with E-state index in [9.17, 15) is 22.8 Å². The van der Waals surface area contributed by atoms with Gasteiger partial charge in [-0.1, -0.05) is 0 Å². The highest BCUT2D eigenvalue weighted by molar-refractivity contribution is 5.96. The van der Waals surface area contributed by atoms with Crippen LogP contribution in [0.2, 0.25) is 0 Å². The lowest BCUT2D eigenvalue weighted by atomic mass is 9.97. The first kappa shape index (κ1) is 25.6. The maximum Gasteiger partial charge on any atom is 0.573 e. The van der Waals surface area contributed by atoms with E-state index in [-0.39, 0.29) is 29.1 Å². The molecule has 9 nitrogen and oxygen atoms in total. The number of hydrogen-bond donors (Lipinski definition) is 1. The Kier molecular flexibility index (Phi) is 6.46.